The molecule has 0 aliphatic carbocycles. The van der Waals surface area contributed by atoms with Gasteiger partial charge in [-0.2, -0.15) is 0 Å². The first kappa shape index (κ1) is 26.1. The van der Waals surface area contributed by atoms with Crippen molar-refractivity contribution in [3.8, 4) is 17.6 Å². The van der Waals surface area contributed by atoms with Gasteiger partial charge in [0.2, 0.25) is 0 Å². The van der Waals surface area contributed by atoms with Gasteiger partial charge in [-0.05, 0) is 61.4 Å². The largest absolute Gasteiger partial charge is 0.475 e. The monoisotopic (exact) mass is 496 g/mol. The summed E-state index contributed by atoms with van der Waals surface area (Å²) in [6.45, 7) is 5.03. The van der Waals surface area contributed by atoms with Crippen LogP contribution in [-0.4, -0.2) is 25.6 Å². The molecule has 3 aromatic rings. The molecule has 0 heterocycles. The summed E-state index contributed by atoms with van der Waals surface area (Å²) in [5.41, 5.74) is 1.37. The lowest BCUT2D eigenvalue weighted by Gasteiger charge is -2.20. The summed E-state index contributed by atoms with van der Waals surface area (Å²) < 4.78 is 55.9. The first-order valence-electron chi connectivity index (χ1n) is 11.1. The molecular weight excluding hydrogens is 470 g/mol. The van der Waals surface area contributed by atoms with Crippen molar-refractivity contribution < 1.29 is 26.7 Å². The van der Waals surface area contributed by atoms with Gasteiger partial charge in [0.05, 0.1) is 10.6 Å². The lowest BCUT2D eigenvalue weighted by molar-refractivity contribution is -0.117. The molecule has 0 bridgehead atoms. The molecule has 0 N–H and O–H groups in total. The van der Waals surface area contributed by atoms with Crippen LogP contribution in [-0.2, 0) is 27.5 Å². The van der Waals surface area contributed by atoms with E-state index in [0.717, 1.165) is 28.8 Å². The van der Waals surface area contributed by atoms with Crippen LogP contribution in [0.1, 0.15) is 37.5 Å². The predicted octanol–water partition coefficient (Wildman–Crippen LogP) is 5.32. The van der Waals surface area contributed by atoms with Crippen LogP contribution >= 0.6 is 0 Å². The third-order valence-electron chi connectivity index (χ3n) is 5.19. The molecule has 0 amide bonds. The Morgan fingerprint density at radius 3 is 2.00 bits per heavy atom. The van der Waals surface area contributed by atoms with Crippen LogP contribution in [0.25, 0.3) is 0 Å². The Kier molecular flexibility index (Phi) is 8.08. The van der Waals surface area contributed by atoms with Crippen molar-refractivity contribution in [1.82, 2.24) is 0 Å². The lowest BCUT2D eigenvalue weighted by atomic mass is 10.0. The molecule has 0 radical (unpaired) electrons. The van der Waals surface area contributed by atoms with E-state index in [1.165, 1.54) is 18.2 Å². The maximum absolute atomic E-state index is 13.4. The number of benzene rings is 3. The minimum atomic E-state index is -3.26. The lowest BCUT2D eigenvalue weighted by Crippen LogP contribution is -2.26. The van der Waals surface area contributed by atoms with Gasteiger partial charge in [-0.25, -0.2) is 17.2 Å². The van der Waals surface area contributed by atoms with Crippen LogP contribution in [0, 0.1) is 23.5 Å². The standard InChI is InChI=1S/C28H26F2O4S/c1-4-35(32,33)25-12-9-22(10-13-25)18-23(31)17-21-7-5-20(6-8-21)15-16-28(2,3)34-24-11-14-26(29)27(30)19-24/h5-14,19H,4,17-18H2,1-3H3. The summed E-state index contributed by atoms with van der Waals surface area (Å²) in [7, 11) is -3.26. The van der Waals surface area contributed by atoms with E-state index < -0.39 is 27.1 Å². The van der Waals surface area contributed by atoms with Crippen LogP contribution in [0.2, 0.25) is 0 Å². The molecule has 182 valence electrons. The Hall–Kier alpha value is -3.50. The number of Topliss-reactive ketones (excluding diaryl/α,β-unsaturated/α-hetero) is 1. The van der Waals surface area contributed by atoms with Crippen LogP contribution in [0.15, 0.2) is 71.6 Å². The van der Waals surface area contributed by atoms with Crippen molar-refractivity contribution in [1.29, 1.82) is 0 Å². The van der Waals surface area contributed by atoms with Gasteiger partial charge in [0.1, 0.15) is 11.5 Å². The molecule has 0 saturated carbocycles. The van der Waals surface area contributed by atoms with E-state index in [1.807, 2.05) is 12.1 Å². The molecule has 0 aromatic heterocycles. The number of carbonyl (C=O) groups is 1. The molecule has 3 aromatic carbocycles. The molecule has 0 unspecified atom stereocenters. The number of ether oxygens (including phenoxy) is 1. The Balaban J connectivity index is 1.58. The zero-order valence-corrected chi connectivity index (χ0v) is 20.6. The maximum atomic E-state index is 13.4. The van der Waals surface area contributed by atoms with Crippen molar-refractivity contribution in [2.24, 2.45) is 0 Å². The Labute approximate surface area is 204 Å². The molecule has 4 nitrogen and oxygen atoms in total. The van der Waals surface area contributed by atoms with E-state index in [0.29, 0.717) is 0 Å². The first-order chi connectivity index (χ1) is 16.5. The van der Waals surface area contributed by atoms with Gasteiger partial charge < -0.3 is 4.74 Å². The van der Waals surface area contributed by atoms with Crippen LogP contribution in [0.5, 0.6) is 5.75 Å². The number of ketones is 1. The second-order valence-corrected chi connectivity index (χ2v) is 10.9. The fourth-order valence-electron chi connectivity index (χ4n) is 3.29. The molecule has 0 fully saturated rings. The van der Waals surface area contributed by atoms with Crippen LogP contribution in [0.3, 0.4) is 0 Å². The first-order valence-corrected chi connectivity index (χ1v) is 12.7. The summed E-state index contributed by atoms with van der Waals surface area (Å²) in [5, 5.41) is 0. The van der Waals surface area contributed by atoms with Crippen molar-refractivity contribution in [3.63, 3.8) is 0 Å². The van der Waals surface area contributed by atoms with E-state index in [2.05, 4.69) is 11.8 Å². The van der Waals surface area contributed by atoms with Gasteiger partial charge in [0.25, 0.3) is 0 Å². The number of carbonyl (C=O) groups excluding carboxylic acids is 1. The normalized spacial score (nSPS) is 11.5. The van der Waals surface area contributed by atoms with E-state index in [9.17, 15) is 22.0 Å². The van der Waals surface area contributed by atoms with E-state index in [4.69, 9.17) is 4.74 Å². The predicted molar refractivity (Wildman–Crippen MR) is 131 cm³/mol. The van der Waals surface area contributed by atoms with Crippen LogP contribution in [0.4, 0.5) is 8.78 Å². The van der Waals surface area contributed by atoms with E-state index >= 15 is 0 Å². The van der Waals surface area contributed by atoms with Crippen LogP contribution < -0.4 is 4.74 Å². The van der Waals surface area contributed by atoms with Crippen molar-refractivity contribution in [3.05, 3.63) is 95.1 Å². The fourth-order valence-corrected chi connectivity index (χ4v) is 4.17. The van der Waals surface area contributed by atoms with Crippen molar-refractivity contribution in [2.75, 3.05) is 5.75 Å². The Morgan fingerprint density at radius 2 is 1.46 bits per heavy atom. The third-order valence-corrected chi connectivity index (χ3v) is 6.94. The second-order valence-electron chi connectivity index (χ2n) is 8.57. The minimum Gasteiger partial charge on any atom is -0.475 e. The minimum absolute atomic E-state index is 0.0102. The Bertz CT molecular complexity index is 1370. The smallest absolute Gasteiger partial charge is 0.178 e. The Morgan fingerprint density at radius 1 is 0.886 bits per heavy atom. The summed E-state index contributed by atoms with van der Waals surface area (Å²) in [6.07, 6.45) is 0.455. The second kappa shape index (κ2) is 10.8. The zero-order valence-electron chi connectivity index (χ0n) is 19.8. The SMILES string of the molecule is CCS(=O)(=O)c1ccc(CC(=O)Cc2ccc(C#CC(C)(C)Oc3ccc(F)c(F)c3)cc2)cc1. The van der Waals surface area contributed by atoms with E-state index in [1.54, 1.807) is 45.0 Å². The average molecular weight is 497 g/mol. The maximum Gasteiger partial charge on any atom is 0.178 e. The van der Waals surface area contributed by atoms with Gasteiger partial charge in [-0.1, -0.05) is 43.0 Å². The molecule has 0 aliphatic heterocycles. The third kappa shape index (κ3) is 7.49. The molecule has 0 atom stereocenters. The highest BCUT2D eigenvalue weighted by atomic mass is 32.2. The zero-order chi connectivity index (χ0) is 25.6. The molecule has 7 heteroatoms. The van der Waals surface area contributed by atoms with Gasteiger partial charge in [0.15, 0.2) is 27.1 Å². The van der Waals surface area contributed by atoms with Gasteiger partial charge in [-0.3, -0.25) is 4.79 Å². The van der Waals surface area contributed by atoms with Crippen molar-refractivity contribution >= 4 is 15.6 Å². The average Bonchev–Trinajstić information content (AvgIpc) is 2.81. The highest BCUT2D eigenvalue weighted by Gasteiger charge is 2.17. The van der Waals surface area contributed by atoms with Crippen molar-refractivity contribution in [2.45, 2.75) is 44.1 Å². The van der Waals surface area contributed by atoms with Gasteiger partial charge in [0, 0.05) is 24.5 Å². The van der Waals surface area contributed by atoms with E-state index in [-0.39, 0.29) is 35.0 Å². The number of sulfone groups is 1. The quantitative estimate of drug-likeness (QED) is 0.396. The summed E-state index contributed by atoms with van der Waals surface area (Å²) in [4.78, 5) is 12.7. The molecule has 35 heavy (non-hydrogen) atoms. The molecule has 0 spiro atoms. The summed E-state index contributed by atoms with van der Waals surface area (Å²) >= 11 is 0. The number of rotatable bonds is 8. The molecule has 0 aliphatic rings. The molecular formula is C28H26F2O4S. The number of halogens is 2. The number of hydrogen-bond acceptors (Lipinski definition) is 4. The number of hydrogen-bond donors (Lipinski definition) is 0. The highest BCUT2D eigenvalue weighted by Crippen LogP contribution is 2.21. The molecule has 3 rings (SSSR count). The fraction of sp³-hybridized carbons (Fsp3) is 0.250. The molecule has 0 saturated heterocycles. The summed E-state index contributed by atoms with van der Waals surface area (Å²) in [5.74, 6) is 4.26. The highest BCUT2D eigenvalue weighted by molar-refractivity contribution is 7.91. The topological polar surface area (TPSA) is 60.4 Å². The van der Waals surface area contributed by atoms with Gasteiger partial charge in [-0.15, -0.1) is 0 Å². The summed E-state index contributed by atoms with van der Waals surface area (Å²) in [6, 6.07) is 17.0. The van der Waals surface area contributed by atoms with Gasteiger partial charge >= 0.3 is 0 Å².